The summed E-state index contributed by atoms with van der Waals surface area (Å²) in [5, 5.41) is 2.89. The molecular weight excluding hydrogens is 326 g/mol. The number of nitrogens with one attached hydrogen (secondary N) is 2. The number of rotatable bonds is 3. The molecule has 3 aromatic rings. The summed E-state index contributed by atoms with van der Waals surface area (Å²) in [5.41, 5.74) is 4.51. The van der Waals surface area contributed by atoms with Crippen LogP contribution < -0.4 is 15.8 Å². The third-order valence-corrected chi connectivity index (χ3v) is 4.63. The number of aryl methyl sites for hydroxylation is 1. The van der Waals surface area contributed by atoms with Crippen molar-refractivity contribution in [3.63, 3.8) is 0 Å². The average Bonchev–Trinajstić information content (AvgIpc) is 3.06. The van der Waals surface area contributed by atoms with Crippen molar-refractivity contribution in [2.45, 2.75) is 13.3 Å². The van der Waals surface area contributed by atoms with Crippen molar-refractivity contribution >= 4 is 23.0 Å². The van der Waals surface area contributed by atoms with E-state index in [0.29, 0.717) is 5.69 Å². The van der Waals surface area contributed by atoms with Crippen LogP contribution in [0.5, 0.6) is 0 Å². The van der Waals surface area contributed by atoms with Gasteiger partial charge >= 0.3 is 0 Å². The van der Waals surface area contributed by atoms with Gasteiger partial charge in [-0.15, -0.1) is 0 Å². The van der Waals surface area contributed by atoms with E-state index in [2.05, 4.69) is 27.3 Å². The first kappa shape index (κ1) is 16.1. The lowest BCUT2D eigenvalue weighted by atomic mass is 10.1. The largest absolute Gasteiger partial charge is 0.339 e. The Morgan fingerprint density at radius 3 is 2.54 bits per heavy atom. The van der Waals surface area contributed by atoms with Crippen molar-refractivity contribution in [1.29, 1.82) is 0 Å². The number of anilines is 3. The van der Waals surface area contributed by atoms with Gasteiger partial charge in [0.15, 0.2) is 0 Å². The van der Waals surface area contributed by atoms with Crippen molar-refractivity contribution in [3.05, 3.63) is 87.8 Å². The van der Waals surface area contributed by atoms with Crippen LogP contribution >= 0.6 is 0 Å². The molecule has 0 saturated heterocycles. The fraction of sp³-hybridized carbons (Fsp3) is 0.143. The number of amides is 1. The molecule has 2 heterocycles. The second kappa shape index (κ2) is 6.52. The zero-order valence-electron chi connectivity index (χ0n) is 14.5. The summed E-state index contributed by atoms with van der Waals surface area (Å²) in [4.78, 5) is 29.5. The highest BCUT2D eigenvalue weighted by molar-refractivity contribution is 6.06. The second-order valence-electron chi connectivity index (χ2n) is 6.39. The van der Waals surface area contributed by atoms with E-state index in [9.17, 15) is 9.59 Å². The molecule has 0 atom stereocenters. The Morgan fingerprint density at radius 1 is 1.00 bits per heavy atom. The zero-order chi connectivity index (χ0) is 18.1. The number of benzene rings is 2. The van der Waals surface area contributed by atoms with Crippen LogP contribution in [0.1, 0.15) is 21.6 Å². The van der Waals surface area contributed by atoms with Crippen LogP contribution in [-0.4, -0.2) is 17.4 Å². The Labute approximate surface area is 151 Å². The van der Waals surface area contributed by atoms with Gasteiger partial charge in [-0.05, 0) is 49.2 Å². The molecule has 0 aliphatic carbocycles. The number of hydrogen-bond donors (Lipinski definition) is 2. The van der Waals surface area contributed by atoms with E-state index in [-0.39, 0.29) is 11.1 Å². The normalized spacial score (nSPS) is 12.7. The molecule has 130 valence electrons. The SMILES string of the molecule is Cc1ccc(C(=O)Nc2ccccc2N2CCc3ccccc32)c(=O)[nH]1. The maximum Gasteiger partial charge on any atom is 0.261 e. The second-order valence-corrected chi connectivity index (χ2v) is 6.39. The minimum absolute atomic E-state index is 0.104. The molecule has 1 amide bonds. The van der Waals surface area contributed by atoms with Crippen LogP contribution in [-0.2, 0) is 6.42 Å². The van der Waals surface area contributed by atoms with Gasteiger partial charge in [0.1, 0.15) is 5.56 Å². The number of carbonyl (C=O) groups is 1. The molecule has 26 heavy (non-hydrogen) atoms. The van der Waals surface area contributed by atoms with Gasteiger partial charge in [-0.1, -0.05) is 30.3 Å². The first-order valence-electron chi connectivity index (χ1n) is 8.59. The standard InChI is InChI=1S/C21H19N3O2/c1-14-10-11-16(20(25)22-14)21(26)23-17-7-3-5-9-19(17)24-13-12-15-6-2-4-8-18(15)24/h2-11H,12-13H2,1H3,(H,22,25)(H,23,26). The number of H-pyrrole nitrogens is 1. The molecule has 5 nitrogen and oxygen atoms in total. The number of pyridine rings is 1. The van der Waals surface area contributed by atoms with E-state index >= 15 is 0 Å². The van der Waals surface area contributed by atoms with E-state index < -0.39 is 5.91 Å². The fourth-order valence-electron chi connectivity index (χ4n) is 3.34. The Bertz CT molecular complexity index is 1040. The smallest absolute Gasteiger partial charge is 0.261 e. The van der Waals surface area contributed by atoms with Crippen LogP contribution in [0.4, 0.5) is 17.1 Å². The highest BCUT2D eigenvalue weighted by Gasteiger charge is 2.22. The van der Waals surface area contributed by atoms with Gasteiger partial charge in [0.25, 0.3) is 11.5 Å². The third-order valence-electron chi connectivity index (χ3n) is 4.63. The summed E-state index contributed by atoms with van der Waals surface area (Å²) in [7, 11) is 0. The van der Waals surface area contributed by atoms with Gasteiger partial charge in [-0.2, -0.15) is 0 Å². The molecule has 2 aromatic carbocycles. The zero-order valence-corrected chi connectivity index (χ0v) is 14.5. The van der Waals surface area contributed by atoms with Crippen molar-refractivity contribution in [2.24, 2.45) is 0 Å². The van der Waals surface area contributed by atoms with Crippen molar-refractivity contribution in [3.8, 4) is 0 Å². The third kappa shape index (κ3) is 2.88. The van der Waals surface area contributed by atoms with E-state index in [1.54, 1.807) is 19.1 Å². The monoisotopic (exact) mass is 345 g/mol. The molecule has 0 bridgehead atoms. The molecule has 0 unspecified atom stereocenters. The summed E-state index contributed by atoms with van der Waals surface area (Å²) >= 11 is 0. The molecule has 0 radical (unpaired) electrons. The predicted octanol–water partition coefficient (Wildman–Crippen LogP) is 3.63. The highest BCUT2D eigenvalue weighted by atomic mass is 16.2. The van der Waals surface area contributed by atoms with Crippen molar-refractivity contribution < 1.29 is 4.79 Å². The summed E-state index contributed by atoms with van der Waals surface area (Å²) in [6.07, 6.45) is 0.968. The van der Waals surface area contributed by atoms with Crippen molar-refractivity contribution in [2.75, 3.05) is 16.8 Å². The van der Waals surface area contributed by atoms with Gasteiger partial charge in [0.05, 0.1) is 11.4 Å². The van der Waals surface area contributed by atoms with E-state index in [4.69, 9.17) is 0 Å². The summed E-state index contributed by atoms with van der Waals surface area (Å²) in [6.45, 7) is 2.64. The summed E-state index contributed by atoms with van der Waals surface area (Å²) < 4.78 is 0. The van der Waals surface area contributed by atoms with E-state index in [1.165, 1.54) is 5.56 Å². The van der Waals surface area contributed by atoms with Crippen molar-refractivity contribution in [1.82, 2.24) is 4.98 Å². The van der Waals surface area contributed by atoms with E-state index in [1.807, 2.05) is 36.4 Å². The van der Waals surface area contributed by atoms with Crippen LogP contribution in [0.25, 0.3) is 0 Å². The molecular formula is C21H19N3O2. The molecule has 2 N–H and O–H groups in total. The fourth-order valence-corrected chi connectivity index (χ4v) is 3.34. The molecule has 1 aliphatic heterocycles. The summed E-state index contributed by atoms with van der Waals surface area (Å²) in [6, 6.07) is 19.2. The number of aromatic nitrogens is 1. The topological polar surface area (TPSA) is 65.2 Å². The van der Waals surface area contributed by atoms with E-state index in [0.717, 1.165) is 30.0 Å². The Hall–Kier alpha value is -3.34. The minimum Gasteiger partial charge on any atom is -0.339 e. The highest BCUT2D eigenvalue weighted by Crippen LogP contribution is 2.38. The maximum atomic E-state index is 12.6. The average molecular weight is 345 g/mol. The van der Waals surface area contributed by atoms with Gasteiger partial charge in [-0.25, -0.2) is 0 Å². The molecule has 0 saturated carbocycles. The number of carbonyl (C=O) groups excluding carboxylic acids is 1. The van der Waals surface area contributed by atoms with Crippen LogP contribution in [0.2, 0.25) is 0 Å². The maximum absolute atomic E-state index is 12.6. The quantitative estimate of drug-likeness (QED) is 0.762. The Balaban J connectivity index is 1.67. The number of hydrogen-bond acceptors (Lipinski definition) is 3. The van der Waals surface area contributed by atoms with Crippen LogP contribution in [0.3, 0.4) is 0 Å². The van der Waals surface area contributed by atoms with Gasteiger partial charge in [0, 0.05) is 17.9 Å². The molecule has 0 spiro atoms. The molecule has 1 aliphatic rings. The lowest BCUT2D eigenvalue weighted by Gasteiger charge is -2.23. The van der Waals surface area contributed by atoms with Gasteiger partial charge in [0.2, 0.25) is 0 Å². The minimum atomic E-state index is -0.411. The number of aromatic amines is 1. The number of para-hydroxylation sites is 3. The number of nitrogens with zero attached hydrogens (tertiary/aromatic N) is 1. The number of fused-ring (bicyclic) bond motifs is 1. The molecule has 4 rings (SSSR count). The lowest BCUT2D eigenvalue weighted by Crippen LogP contribution is -2.24. The van der Waals surface area contributed by atoms with Gasteiger partial charge < -0.3 is 15.2 Å². The first-order chi connectivity index (χ1) is 12.6. The summed E-state index contributed by atoms with van der Waals surface area (Å²) in [5.74, 6) is -0.411. The molecule has 1 aromatic heterocycles. The Morgan fingerprint density at radius 2 is 1.73 bits per heavy atom. The first-order valence-corrected chi connectivity index (χ1v) is 8.59. The molecule has 0 fully saturated rings. The predicted molar refractivity (Wildman–Crippen MR) is 103 cm³/mol. The van der Waals surface area contributed by atoms with Gasteiger partial charge in [-0.3, -0.25) is 9.59 Å². The van der Waals surface area contributed by atoms with Crippen LogP contribution in [0, 0.1) is 6.92 Å². The lowest BCUT2D eigenvalue weighted by molar-refractivity contribution is 0.102. The van der Waals surface area contributed by atoms with Crippen LogP contribution in [0.15, 0.2) is 65.5 Å². The Kier molecular flexibility index (Phi) is 4.05. The molecule has 5 heteroatoms.